The first-order chi connectivity index (χ1) is 11.7. The van der Waals surface area contributed by atoms with Crippen LogP contribution >= 0.6 is 0 Å². The summed E-state index contributed by atoms with van der Waals surface area (Å²) in [6, 6.07) is 9.83. The summed E-state index contributed by atoms with van der Waals surface area (Å²) in [5.41, 5.74) is 4.31. The fraction of sp³-hybridized carbons (Fsp3) is 0.158. The van der Waals surface area contributed by atoms with Crippen LogP contribution in [0.15, 0.2) is 48.9 Å². The average molecular weight is 316 g/mol. The van der Waals surface area contributed by atoms with Gasteiger partial charge in [0.1, 0.15) is 5.69 Å². The Balaban J connectivity index is 1.95. The number of carbonyl (C=O) groups excluding carboxylic acids is 1. The summed E-state index contributed by atoms with van der Waals surface area (Å²) >= 11 is 0. The van der Waals surface area contributed by atoms with Crippen LogP contribution in [0.1, 0.15) is 23.8 Å². The second-order valence-electron chi connectivity index (χ2n) is 5.77. The maximum Gasteiger partial charge on any atom is 0.180 e. The highest BCUT2D eigenvalue weighted by Gasteiger charge is 2.11. The Kier molecular flexibility index (Phi) is 3.34. The van der Waals surface area contributed by atoms with Gasteiger partial charge in [0.2, 0.25) is 0 Å². The molecule has 0 spiro atoms. The molecular weight excluding hydrogens is 300 g/mol. The van der Waals surface area contributed by atoms with Crippen LogP contribution in [0, 0.1) is 0 Å². The smallest absolute Gasteiger partial charge is 0.180 e. The Bertz CT molecular complexity index is 1080. The molecule has 24 heavy (non-hydrogen) atoms. The molecule has 118 valence electrons. The number of benzene rings is 1. The van der Waals surface area contributed by atoms with Crippen LogP contribution in [0.25, 0.3) is 32.9 Å². The summed E-state index contributed by atoms with van der Waals surface area (Å²) in [7, 11) is 1.92. The topological polar surface area (TPSA) is 60.7 Å². The monoisotopic (exact) mass is 316 g/mol. The molecule has 3 aromatic heterocycles. The van der Waals surface area contributed by atoms with Gasteiger partial charge in [-0.3, -0.25) is 14.5 Å². The zero-order valence-electron chi connectivity index (χ0n) is 13.5. The highest BCUT2D eigenvalue weighted by atomic mass is 16.1. The van der Waals surface area contributed by atoms with E-state index in [1.807, 2.05) is 43.0 Å². The molecule has 4 aromatic rings. The molecule has 0 fully saturated rings. The van der Waals surface area contributed by atoms with E-state index >= 15 is 0 Å². The lowest BCUT2D eigenvalue weighted by Gasteiger charge is -2.07. The molecule has 0 atom stereocenters. The van der Waals surface area contributed by atoms with E-state index in [1.54, 1.807) is 18.5 Å². The van der Waals surface area contributed by atoms with Gasteiger partial charge in [0.15, 0.2) is 5.78 Å². The molecule has 0 amide bonds. The van der Waals surface area contributed by atoms with Crippen molar-refractivity contribution in [2.45, 2.75) is 13.3 Å². The average Bonchev–Trinajstić information content (AvgIpc) is 3.00. The number of Topliss-reactive ketones (excluding diaryl/α,β-unsaturated/α-hetero) is 1. The number of hydrogen-bond donors (Lipinski definition) is 0. The van der Waals surface area contributed by atoms with Crippen molar-refractivity contribution in [3.8, 4) is 11.1 Å². The van der Waals surface area contributed by atoms with E-state index in [9.17, 15) is 4.79 Å². The van der Waals surface area contributed by atoms with Gasteiger partial charge in [0.05, 0.1) is 17.2 Å². The van der Waals surface area contributed by atoms with Crippen LogP contribution in [0.5, 0.6) is 0 Å². The molecule has 3 heterocycles. The van der Waals surface area contributed by atoms with Crippen molar-refractivity contribution in [3.05, 3.63) is 54.6 Å². The van der Waals surface area contributed by atoms with E-state index in [0.29, 0.717) is 12.1 Å². The minimum Gasteiger partial charge on any atom is -0.292 e. The SMILES string of the molecule is CCC(=O)c1ccc2cncc(-c3ccc4c(cnn4C)c3)c2n1. The second kappa shape index (κ2) is 5.53. The zero-order chi connectivity index (χ0) is 16.7. The van der Waals surface area contributed by atoms with Gasteiger partial charge in [0, 0.05) is 42.2 Å². The summed E-state index contributed by atoms with van der Waals surface area (Å²) in [4.78, 5) is 20.9. The van der Waals surface area contributed by atoms with Crippen molar-refractivity contribution in [2.75, 3.05) is 0 Å². The number of hydrogen-bond acceptors (Lipinski definition) is 4. The first kappa shape index (κ1) is 14.5. The highest BCUT2D eigenvalue weighted by Crippen LogP contribution is 2.29. The van der Waals surface area contributed by atoms with Crippen molar-refractivity contribution in [2.24, 2.45) is 7.05 Å². The van der Waals surface area contributed by atoms with E-state index < -0.39 is 0 Å². The van der Waals surface area contributed by atoms with Crippen LogP contribution < -0.4 is 0 Å². The number of rotatable bonds is 3. The van der Waals surface area contributed by atoms with E-state index in [0.717, 1.165) is 32.9 Å². The molecule has 0 unspecified atom stereocenters. The van der Waals surface area contributed by atoms with Crippen LogP contribution in [0.3, 0.4) is 0 Å². The summed E-state index contributed by atoms with van der Waals surface area (Å²) in [6.45, 7) is 1.85. The minimum atomic E-state index is 0.0439. The molecule has 5 nitrogen and oxygen atoms in total. The van der Waals surface area contributed by atoms with Gasteiger partial charge >= 0.3 is 0 Å². The van der Waals surface area contributed by atoms with Crippen molar-refractivity contribution < 1.29 is 4.79 Å². The third-order valence-electron chi connectivity index (χ3n) is 4.26. The number of pyridine rings is 2. The Morgan fingerprint density at radius 3 is 2.79 bits per heavy atom. The lowest BCUT2D eigenvalue weighted by molar-refractivity contribution is 0.0984. The Morgan fingerprint density at radius 1 is 1.08 bits per heavy atom. The third-order valence-corrected chi connectivity index (χ3v) is 4.26. The van der Waals surface area contributed by atoms with Gasteiger partial charge in [-0.25, -0.2) is 4.98 Å². The summed E-state index contributed by atoms with van der Waals surface area (Å²) < 4.78 is 1.84. The molecule has 0 saturated heterocycles. The second-order valence-corrected chi connectivity index (χ2v) is 5.77. The summed E-state index contributed by atoms with van der Waals surface area (Å²) in [5, 5.41) is 6.27. The summed E-state index contributed by atoms with van der Waals surface area (Å²) in [6.07, 6.45) is 5.86. The molecule has 0 N–H and O–H groups in total. The van der Waals surface area contributed by atoms with Crippen molar-refractivity contribution >= 4 is 27.6 Å². The van der Waals surface area contributed by atoms with Crippen LogP contribution in [-0.4, -0.2) is 25.5 Å². The predicted octanol–water partition coefficient (Wildman–Crippen LogP) is 3.78. The molecular formula is C19H16N4O. The van der Waals surface area contributed by atoms with Gasteiger partial charge in [-0.1, -0.05) is 13.0 Å². The first-order valence-corrected chi connectivity index (χ1v) is 7.87. The quantitative estimate of drug-likeness (QED) is 0.540. The van der Waals surface area contributed by atoms with E-state index in [4.69, 9.17) is 0 Å². The zero-order valence-corrected chi connectivity index (χ0v) is 13.5. The van der Waals surface area contributed by atoms with E-state index in [1.165, 1.54) is 0 Å². The molecule has 0 aliphatic carbocycles. The lowest BCUT2D eigenvalue weighted by Crippen LogP contribution is -2.01. The molecule has 0 aliphatic rings. The molecule has 5 heteroatoms. The van der Waals surface area contributed by atoms with E-state index in [2.05, 4.69) is 21.1 Å². The largest absolute Gasteiger partial charge is 0.292 e. The van der Waals surface area contributed by atoms with Gasteiger partial charge in [0.25, 0.3) is 0 Å². The fourth-order valence-electron chi connectivity index (χ4n) is 2.92. The van der Waals surface area contributed by atoms with Gasteiger partial charge in [-0.15, -0.1) is 0 Å². The number of nitrogens with zero attached hydrogens (tertiary/aromatic N) is 4. The molecule has 4 rings (SSSR count). The van der Waals surface area contributed by atoms with Crippen LogP contribution in [0.2, 0.25) is 0 Å². The molecule has 0 radical (unpaired) electrons. The first-order valence-electron chi connectivity index (χ1n) is 7.87. The molecule has 0 saturated carbocycles. The van der Waals surface area contributed by atoms with Crippen LogP contribution in [-0.2, 0) is 7.05 Å². The number of aromatic nitrogens is 4. The fourth-order valence-corrected chi connectivity index (χ4v) is 2.92. The molecule has 0 aliphatic heterocycles. The highest BCUT2D eigenvalue weighted by molar-refractivity contribution is 6.00. The Morgan fingerprint density at radius 2 is 1.96 bits per heavy atom. The van der Waals surface area contributed by atoms with Crippen molar-refractivity contribution in [1.29, 1.82) is 0 Å². The number of ketones is 1. The summed E-state index contributed by atoms with van der Waals surface area (Å²) in [5.74, 6) is 0.0439. The normalized spacial score (nSPS) is 11.2. The minimum absolute atomic E-state index is 0.0439. The molecule has 0 bridgehead atoms. The number of fused-ring (bicyclic) bond motifs is 2. The third kappa shape index (κ3) is 2.25. The van der Waals surface area contributed by atoms with Gasteiger partial charge in [-0.2, -0.15) is 5.10 Å². The van der Waals surface area contributed by atoms with Gasteiger partial charge in [-0.05, 0) is 29.8 Å². The Hall–Kier alpha value is -3.08. The maximum absolute atomic E-state index is 12.0. The lowest BCUT2D eigenvalue weighted by atomic mass is 10.0. The predicted molar refractivity (Wildman–Crippen MR) is 93.9 cm³/mol. The molecule has 1 aromatic carbocycles. The van der Waals surface area contributed by atoms with Crippen molar-refractivity contribution in [1.82, 2.24) is 19.7 Å². The van der Waals surface area contributed by atoms with Gasteiger partial charge < -0.3 is 0 Å². The Labute approximate surface area is 139 Å². The maximum atomic E-state index is 12.0. The number of carbonyl (C=O) groups is 1. The van der Waals surface area contributed by atoms with Crippen molar-refractivity contribution in [3.63, 3.8) is 0 Å². The van der Waals surface area contributed by atoms with Crippen LogP contribution in [0.4, 0.5) is 0 Å². The number of aryl methyl sites for hydroxylation is 1. The standard InChI is InChI=1S/C19H16N4O/c1-3-18(24)16-6-4-13-9-20-11-15(19(13)22-16)12-5-7-17-14(8-12)10-21-23(17)2/h4-11H,3H2,1-2H3. The van der Waals surface area contributed by atoms with E-state index in [-0.39, 0.29) is 5.78 Å².